The van der Waals surface area contributed by atoms with E-state index in [-0.39, 0.29) is 17.6 Å². The van der Waals surface area contributed by atoms with Crippen LogP contribution in [0.1, 0.15) is 48.8 Å². The molecule has 0 unspecified atom stereocenters. The molecule has 0 radical (unpaired) electrons. The number of hydrogen-bond donors (Lipinski definition) is 2. The summed E-state index contributed by atoms with van der Waals surface area (Å²) in [6, 6.07) is 16.4. The molecule has 2 aromatic carbocycles. The van der Waals surface area contributed by atoms with Crippen molar-refractivity contribution in [2.24, 2.45) is 0 Å². The van der Waals surface area contributed by atoms with Gasteiger partial charge in [-0.25, -0.2) is 9.55 Å². The first kappa shape index (κ1) is 20.0. The third-order valence-corrected chi connectivity index (χ3v) is 6.91. The van der Waals surface area contributed by atoms with E-state index in [4.69, 9.17) is 4.98 Å². The Morgan fingerprint density at radius 1 is 1.06 bits per heavy atom. The third kappa shape index (κ3) is 3.37. The summed E-state index contributed by atoms with van der Waals surface area (Å²) in [5.74, 6) is 0.490. The summed E-state index contributed by atoms with van der Waals surface area (Å²) >= 11 is 0. The highest BCUT2D eigenvalue weighted by molar-refractivity contribution is 5.73. The Kier molecular flexibility index (Phi) is 5.14. The average Bonchev–Trinajstić information content (AvgIpc) is 2.79. The van der Waals surface area contributed by atoms with Crippen molar-refractivity contribution in [3.63, 3.8) is 0 Å². The summed E-state index contributed by atoms with van der Waals surface area (Å²) in [5.41, 5.74) is 5.86. The van der Waals surface area contributed by atoms with Gasteiger partial charge in [0.05, 0.1) is 23.6 Å². The summed E-state index contributed by atoms with van der Waals surface area (Å²) in [5, 5.41) is 12.6. The number of aromatic nitrogens is 2. The zero-order valence-corrected chi connectivity index (χ0v) is 18.0. The van der Waals surface area contributed by atoms with Crippen LogP contribution in [0.3, 0.4) is 0 Å². The van der Waals surface area contributed by atoms with Gasteiger partial charge in [0.1, 0.15) is 0 Å². The Morgan fingerprint density at radius 2 is 1.81 bits per heavy atom. The van der Waals surface area contributed by atoms with E-state index in [1.54, 1.807) is 4.57 Å². The Morgan fingerprint density at radius 3 is 2.55 bits per heavy atom. The van der Waals surface area contributed by atoms with E-state index in [9.17, 15) is 9.90 Å². The monoisotopic (exact) mass is 415 g/mol. The number of fused-ring (bicyclic) bond motifs is 4. The fourth-order valence-corrected chi connectivity index (χ4v) is 5.43. The average molecular weight is 416 g/mol. The fraction of sp³-hybridized carbons (Fsp3) is 0.385. The number of nitrogens with zero attached hydrogens (tertiary/aromatic N) is 2. The predicted molar refractivity (Wildman–Crippen MR) is 124 cm³/mol. The minimum atomic E-state index is -0.145. The normalized spacial score (nSPS) is 16.6. The molecule has 0 amide bonds. The number of aliphatic hydroxyl groups excluding tert-OH is 1. The van der Waals surface area contributed by atoms with E-state index in [0.29, 0.717) is 12.5 Å². The van der Waals surface area contributed by atoms with Crippen molar-refractivity contribution in [3.05, 3.63) is 75.6 Å². The van der Waals surface area contributed by atoms with Crippen LogP contribution in [0.4, 0.5) is 5.95 Å². The molecule has 1 aromatic heterocycles. The van der Waals surface area contributed by atoms with Gasteiger partial charge < -0.3 is 10.4 Å². The van der Waals surface area contributed by atoms with Crippen LogP contribution in [0, 0.1) is 6.92 Å². The van der Waals surface area contributed by atoms with E-state index >= 15 is 0 Å². The summed E-state index contributed by atoms with van der Waals surface area (Å²) in [6.07, 6.45) is 6.50. The molecule has 2 aliphatic carbocycles. The van der Waals surface area contributed by atoms with E-state index in [2.05, 4.69) is 23.5 Å². The number of anilines is 1. The molecule has 1 heterocycles. The van der Waals surface area contributed by atoms with Crippen molar-refractivity contribution in [3.8, 4) is 16.9 Å². The molecule has 1 fully saturated rings. The quantitative estimate of drug-likeness (QED) is 0.664. The van der Waals surface area contributed by atoms with Gasteiger partial charge in [-0.2, -0.15) is 0 Å². The molecular weight excluding hydrogens is 386 g/mol. The van der Waals surface area contributed by atoms with Crippen molar-refractivity contribution in [1.29, 1.82) is 0 Å². The van der Waals surface area contributed by atoms with E-state index in [0.717, 1.165) is 60.2 Å². The number of benzene rings is 2. The summed E-state index contributed by atoms with van der Waals surface area (Å²) in [7, 11) is 0. The zero-order chi connectivity index (χ0) is 21.4. The SMILES string of the molecule is Cc1ccc(-n2c(NCCO)nc3c(c2=O)C2(CCCCC2)Cc2ccccc2-3)cc1. The second-order valence-corrected chi connectivity index (χ2v) is 8.96. The molecule has 1 spiro atoms. The van der Waals surface area contributed by atoms with Crippen LogP contribution in [0.2, 0.25) is 0 Å². The molecule has 5 rings (SSSR count). The van der Waals surface area contributed by atoms with Crippen LogP contribution in [0.25, 0.3) is 16.9 Å². The van der Waals surface area contributed by atoms with Crippen LogP contribution < -0.4 is 10.9 Å². The molecule has 3 aromatic rings. The lowest BCUT2D eigenvalue weighted by Gasteiger charge is -2.42. The van der Waals surface area contributed by atoms with Gasteiger partial charge in [-0.15, -0.1) is 0 Å². The predicted octanol–water partition coefficient (Wildman–Crippen LogP) is 4.37. The standard InChI is InChI=1S/C26H29N3O2/c1-18-9-11-20(12-10-18)29-24(31)22-23(28-25(29)27-15-16-30)21-8-4-3-7-19(21)17-26(22)13-5-2-6-14-26/h3-4,7-12,30H,2,5-6,13-17H2,1H3,(H,27,28). The number of rotatable bonds is 4. The molecule has 31 heavy (non-hydrogen) atoms. The Balaban J connectivity index is 1.81. The second kappa shape index (κ2) is 7.97. The first-order chi connectivity index (χ1) is 15.1. The summed E-state index contributed by atoms with van der Waals surface area (Å²) < 4.78 is 1.71. The molecule has 2 N–H and O–H groups in total. The fourth-order valence-electron chi connectivity index (χ4n) is 5.43. The second-order valence-electron chi connectivity index (χ2n) is 8.96. The van der Waals surface area contributed by atoms with Gasteiger partial charge in [-0.3, -0.25) is 4.79 Å². The zero-order valence-electron chi connectivity index (χ0n) is 18.0. The summed E-state index contributed by atoms with van der Waals surface area (Å²) in [4.78, 5) is 19.2. The Bertz CT molecular complexity index is 1160. The van der Waals surface area contributed by atoms with Crippen LogP contribution in [-0.4, -0.2) is 27.8 Å². The highest BCUT2D eigenvalue weighted by Gasteiger charge is 2.43. The highest BCUT2D eigenvalue weighted by Crippen LogP contribution is 2.48. The molecule has 0 saturated heterocycles. The van der Waals surface area contributed by atoms with Gasteiger partial charge in [0.15, 0.2) is 0 Å². The van der Waals surface area contributed by atoms with Gasteiger partial charge in [0.2, 0.25) is 5.95 Å². The number of hydrogen-bond acceptors (Lipinski definition) is 4. The number of aliphatic hydroxyl groups is 1. The van der Waals surface area contributed by atoms with Gasteiger partial charge in [0, 0.05) is 17.5 Å². The van der Waals surface area contributed by atoms with Crippen molar-refractivity contribution < 1.29 is 5.11 Å². The van der Waals surface area contributed by atoms with Crippen LogP contribution in [-0.2, 0) is 11.8 Å². The first-order valence-electron chi connectivity index (χ1n) is 11.3. The van der Waals surface area contributed by atoms with Gasteiger partial charge in [-0.1, -0.05) is 61.2 Å². The van der Waals surface area contributed by atoms with Gasteiger partial charge in [0.25, 0.3) is 5.56 Å². The number of nitrogens with one attached hydrogen (secondary N) is 1. The van der Waals surface area contributed by atoms with Crippen molar-refractivity contribution in [1.82, 2.24) is 9.55 Å². The Hall–Kier alpha value is -2.92. The van der Waals surface area contributed by atoms with Crippen LogP contribution in [0.5, 0.6) is 0 Å². The third-order valence-electron chi connectivity index (χ3n) is 6.91. The van der Waals surface area contributed by atoms with Crippen molar-refractivity contribution >= 4 is 5.95 Å². The molecule has 5 heteroatoms. The topological polar surface area (TPSA) is 67.2 Å². The smallest absolute Gasteiger partial charge is 0.263 e. The van der Waals surface area contributed by atoms with Gasteiger partial charge in [-0.05, 0) is 43.9 Å². The molecular formula is C26H29N3O2. The van der Waals surface area contributed by atoms with Gasteiger partial charge >= 0.3 is 0 Å². The lowest BCUT2D eigenvalue weighted by atomic mass is 9.62. The van der Waals surface area contributed by atoms with Crippen molar-refractivity contribution in [2.45, 2.75) is 50.9 Å². The van der Waals surface area contributed by atoms with E-state index < -0.39 is 0 Å². The maximum atomic E-state index is 14.2. The molecule has 160 valence electrons. The molecule has 0 aliphatic heterocycles. The maximum absolute atomic E-state index is 14.2. The van der Waals surface area contributed by atoms with E-state index in [1.165, 1.54) is 12.0 Å². The first-order valence-corrected chi connectivity index (χ1v) is 11.3. The Labute approximate surface area is 182 Å². The molecule has 0 bridgehead atoms. The highest BCUT2D eigenvalue weighted by atomic mass is 16.3. The molecule has 2 aliphatic rings. The lowest BCUT2D eigenvalue weighted by Crippen LogP contribution is -2.43. The molecule has 5 nitrogen and oxygen atoms in total. The van der Waals surface area contributed by atoms with Crippen LogP contribution in [0.15, 0.2) is 53.3 Å². The number of aryl methyl sites for hydroxylation is 1. The van der Waals surface area contributed by atoms with E-state index in [1.807, 2.05) is 37.3 Å². The minimum absolute atomic E-state index is 0.0192. The van der Waals surface area contributed by atoms with Crippen molar-refractivity contribution in [2.75, 3.05) is 18.5 Å². The maximum Gasteiger partial charge on any atom is 0.263 e. The molecule has 0 atom stereocenters. The largest absolute Gasteiger partial charge is 0.395 e. The molecule has 1 saturated carbocycles. The lowest BCUT2D eigenvalue weighted by molar-refractivity contribution is 0.284. The summed E-state index contributed by atoms with van der Waals surface area (Å²) in [6.45, 7) is 2.35. The minimum Gasteiger partial charge on any atom is -0.395 e. The van der Waals surface area contributed by atoms with Crippen LogP contribution >= 0.6 is 0 Å².